The molecule has 1 rings (SSSR count). The fourth-order valence-corrected chi connectivity index (χ4v) is 3.27. The van der Waals surface area contributed by atoms with E-state index in [1.165, 1.54) is 11.8 Å². The van der Waals surface area contributed by atoms with Crippen LogP contribution in [-0.4, -0.2) is 56.1 Å². The number of carbonyl (C=O) groups is 2. The van der Waals surface area contributed by atoms with E-state index < -0.39 is 22.1 Å². The third-order valence-corrected chi connectivity index (χ3v) is 4.64. The van der Waals surface area contributed by atoms with Crippen molar-refractivity contribution >= 4 is 21.8 Å². The second-order valence-electron chi connectivity index (χ2n) is 4.66. The highest BCUT2D eigenvalue weighted by molar-refractivity contribution is 7.89. The van der Waals surface area contributed by atoms with Gasteiger partial charge in [-0.15, -0.1) is 0 Å². The molecule has 8 heteroatoms. The highest BCUT2D eigenvalue weighted by atomic mass is 32.2. The van der Waals surface area contributed by atoms with Crippen molar-refractivity contribution in [1.82, 2.24) is 14.9 Å². The fraction of sp³-hybridized carbons (Fsp3) is 0.818. The van der Waals surface area contributed by atoms with Crippen molar-refractivity contribution in [3.05, 3.63) is 0 Å². The first-order valence-electron chi connectivity index (χ1n) is 6.36. The van der Waals surface area contributed by atoms with Gasteiger partial charge < -0.3 is 10.2 Å². The molecule has 2 unspecified atom stereocenters. The summed E-state index contributed by atoms with van der Waals surface area (Å²) in [6.45, 7) is 5.66. The normalized spacial score (nSPS) is 21.9. The maximum Gasteiger partial charge on any atom is 0.242 e. The fourth-order valence-electron chi connectivity index (χ4n) is 1.98. The molecule has 1 heterocycles. The summed E-state index contributed by atoms with van der Waals surface area (Å²) in [5.74, 6) is -0.606. The van der Waals surface area contributed by atoms with E-state index in [-0.39, 0.29) is 17.6 Å². The van der Waals surface area contributed by atoms with Crippen LogP contribution < -0.4 is 10.0 Å². The number of hydrogen-bond donors (Lipinski definition) is 2. The predicted molar refractivity (Wildman–Crippen MR) is 70.9 cm³/mol. The second-order valence-corrected chi connectivity index (χ2v) is 6.53. The van der Waals surface area contributed by atoms with Gasteiger partial charge >= 0.3 is 0 Å². The quantitative estimate of drug-likeness (QED) is 0.683. The number of sulfonamides is 1. The van der Waals surface area contributed by atoms with Crippen LogP contribution in [0.25, 0.3) is 0 Å². The number of piperazine rings is 1. The van der Waals surface area contributed by atoms with Crippen LogP contribution in [0.5, 0.6) is 0 Å². The molecule has 7 nitrogen and oxygen atoms in total. The molecular weight excluding hydrogens is 270 g/mol. The standard InChI is InChI=1S/C11H21N3O4S/c1-4-7-19(17,18)13-8(2)11(16)14-6-5-12-10(15)9(14)3/h8-9,13H,4-7H2,1-3H3,(H,12,15). The zero-order valence-corrected chi connectivity index (χ0v) is 12.3. The largest absolute Gasteiger partial charge is 0.353 e. The van der Waals surface area contributed by atoms with Gasteiger partial charge in [-0.2, -0.15) is 0 Å². The van der Waals surface area contributed by atoms with Crippen LogP contribution >= 0.6 is 0 Å². The van der Waals surface area contributed by atoms with Gasteiger partial charge in [0.1, 0.15) is 6.04 Å². The average molecular weight is 291 g/mol. The minimum absolute atomic E-state index is 0.0132. The zero-order valence-electron chi connectivity index (χ0n) is 11.5. The lowest BCUT2D eigenvalue weighted by atomic mass is 10.1. The second kappa shape index (κ2) is 6.33. The van der Waals surface area contributed by atoms with Crippen LogP contribution in [0.4, 0.5) is 0 Å². The maximum atomic E-state index is 12.2. The molecule has 1 aliphatic heterocycles. The molecule has 19 heavy (non-hydrogen) atoms. The van der Waals surface area contributed by atoms with E-state index in [1.54, 1.807) is 13.8 Å². The smallest absolute Gasteiger partial charge is 0.242 e. The van der Waals surface area contributed by atoms with Gasteiger partial charge in [-0.25, -0.2) is 13.1 Å². The lowest BCUT2D eigenvalue weighted by molar-refractivity contribution is -0.143. The minimum atomic E-state index is -3.44. The number of hydrogen-bond acceptors (Lipinski definition) is 4. The van der Waals surface area contributed by atoms with Crippen LogP contribution in [0.2, 0.25) is 0 Å². The van der Waals surface area contributed by atoms with Crippen molar-refractivity contribution in [2.75, 3.05) is 18.8 Å². The molecule has 2 amide bonds. The molecule has 0 aromatic carbocycles. The third-order valence-electron chi connectivity index (χ3n) is 2.98. The molecule has 0 radical (unpaired) electrons. The highest BCUT2D eigenvalue weighted by Crippen LogP contribution is 2.07. The Balaban J connectivity index is 2.69. The van der Waals surface area contributed by atoms with E-state index >= 15 is 0 Å². The van der Waals surface area contributed by atoms with Crippen LogP contribution in [0.15, 0.2) is 0 Å². The van der Waals surface area contributed by atoms with E-state index in [2.05, 4.69) is 10.0 Å². The topological polar surface area (TPSA) is 95.6 Å². The van der Waals surface area contributed by atoms with Crippen molar-refractivity contribution in [1.29, 1.82) is 0 Å². The Morgan fingerprint density at radius 1 is 1.58 bits per heavy atom. The molecule has 1 aliphatic rings. The number of nitrogens with one attached hydrogen (secondary N) is 2. The summed E-state index contributed by atoms with van der Waals surface area (Å²) < 4.78 is 25.6. The van der Waals surface area contributed by atoms with Gasteiger partial charge in [-0.05, 0) is 20.3 Å². The molecule has 2 N–H and O–H groups in total. The van der Waals surface area contributed by atoms with Crippen molar-refractivity contribution < 1.29 is 18.0 Å². The van der Waals surface area contributed by atoms with E-state index in [0.717, 1.165) is 0 Å². The van der Waals surface area contributed by atoms with Crippen LogP contribution in [0, 0.1) is 0 Å². The van der Waals surface area contributed by atoms with E-state index in [0.29, 0.717) is 19.5 Å². The molecule has 2 atom stereocenters. The summed E-state index contributed by atoms with van der Waals surface area (Å²) in [4.78, 5) is 25.0. The Hall–Kier alpha value is -1.15. The summed E-state index contributed by atoms with van der Waals surface area (Å²) in [7, 11) is -3.44. The van der Waals surface area contributed by atoms with Gasteiger partial charge in [0.05, 0.1) is 11.8 Å². The SMILES string of the molecule is CCCS(=O)(=O)NC(C)C(=O)N1CCNC(=O)C1C. The van der Waals surface area contributed by atoms with Crippen LogP contribution in [0.3, 0.4) is 0 Å². The number of nitrogens with zero attached hydrogens (tertiary/aromatic N) is 1. The van der Waals surface area contributed by atoms with Gasteiger partial charge in [0.15, 0.2) is 0 Å². The Morgan fingerprint density at radius 2 is 2.21 bits per heavy atom. The summed E-state index contributed by atoms with van der Waals surface area (Å²) in [6.07, 6.45) is 0.485. The molecule has 1 saturated heterocycles. The van der Waals surface area contributed by atoms with Crippen molar-refractivity contribution in [2.24, 2.45) is 0 Å². The lowest BCUT2D eigenvalue weighted by Gasteiger charge is -2.34. The zero-order chi connectivity index (χ0) is 14.6. The molecule has 0 aliphatic carbocycles. The van der Waals surface area contributed by atoms with Crippen LogP contribution in [0.1, 0.15) is 27.2 Å². The summed E-state index contributed by atoms with van der Waals surface area (Å²) in [6, 6.07) is -1.43. The number of amides is 2. The summed E-state index contributed by atoms with van der Waals surface area (Å²) in [5, 5.41) is 2.65. The van der Waals surface area contributed by atoms with Gasteiger partial charge in [0.25, 0.3) is 0 Å². The Morgan fingerprint density at radius 3 is 2.79 bits per heavy atom. The third kappa shape index (κ3) is 4.17. The van der Waals surface area contributed by atoms with Gasteiger partial charge in [0.2, 0.25) is 21.8 Å². The Kier molecular flexibility index (Phi) is 5.30. The van der Waals surface area contributed by atoms with Crippen LogP contribution in [-0.2, 0) is 19.6 Å². The summed E-state index contributed by atoms with van der Waals surface area (Å²) in [5.41, 5.74) is 0. The molecule has 110 valence electrons. The molecule has 0 aromatic heterocycles. The number of rotatable bonds is 5. The number of carbonyl (C=O) groups excluding carboxylic acids is 2. The van der Waals surface area contributed by atoms with E-state index in [1.807, 2.05) is 0 Å². The molecule has 1 fully saturated rings. The lowest BCUT2D eigenvalue weighted by Crippen LogP contribution is -2.59. The van der Waals surface area contributed by atoms with Gasteiger partial charge in [0, 0.05) is 13.1 Å². The minimum Gasteiger partial charge on any atom is -0.353 e. The molecule has 0 spiro atoms. The Bertz CT molecular complexity index is 449. The predicted octanol–water partition coefficient (Wildman–Crippen LogP) is -0.949. The van der Waals surface area contributed by atoms with E-state index in [9.17, 15) is 18.0 Å². The van der Waals surface area contributed by atoms with Gasteiger partial charge in [-0.3, -0.25) is 9.59 Å². The van der Waals surface area contributed by atoms with Crippen molar-refractivity contribution in [2.45, 2.75) is 39.3 Å². The average Bonchev–Trinajstić information content (AvgIpc) is 2.31. The first-order chi connectivity index (χ1) is 8.78. The highest BCUT2D eigenvalue weighted by Gasteiger charge is 2.32. The summed E-state index contributed by atoms with van der Waals surface area (Å²) >= 11 is 0. The monoisotopic (exact) mass is 291 g/mol. The Labute approximate surface area is 113 Å². The van der Waals surface area contributed by atoms with Crippen molar-refractivity contribution in [3.63, 3.8) is 0 Å². The van der Waals surface area contributed by atoms with Crippen molar-refractivity contribution in [3.8, 4) is 0 Å². The molecule has 0 aromatic rings. The molecule has 0 bridgehead atoms. The maximum absolute atomic E-state index is 12.2. The van der Waals surface area contributed by atoms with E-state index in [4.69, 9.17) is 0 Å². The molecule has 0 saturated carbocycles. The van der Waals surface area contributed by atoms with Gasteiger partial charge in [-0.1, -0.05) is 6.92 Å². The first kappa shape index (κ1) is 15.9. The molecular formula is C11H21N3O4S. The first-order valence-corrected chi connectivity index (χ1v) is 8.02.